The van der Waals surface area contributed by atoms with Crippen LogP contribution < -0.4 is 16.6 Å². The predicted molar refractivity (Wildman–Crippen MR) is 115 cm³/mol. The number of rotatable bonds is 5. The van der Waals surface area contributed by atoms with Crippen LogP contribution in [0.2, 0.25) is 0 Å². The zero-order chi connectivity index (χ0) is 23.2. The van der Waals surface area contributed by atoms with Gasteiger partial charge in [-0.2, -0.15) is 5.26 Å². The van der Waals surface area contributed by atoms with Crippen molar-refractivity contribution >= 4 is 22.9 Å². The molecule has 4 rings (SSSR count). The average molecular weight is 435 g/mol. The first-order chi connectivity index (χ1) is 15.2. The molecule has 0 atom stereocenters. The van der Waals surface area contributed by atoms with Gasteiger partial charge in [-0.15, -0.1) is 0 Å². The highest BCUT2D eigenvalue weighted by atomic mass is 16.3. The van der Waals surface area contributed by atoms with Crippen molar-refractivity contribution in [2.45, 2.75) is 26.9 Å². The van der Waals surface area contributed by atoms with Gasteiger partial charge in [-0.25, -0.2) is 9.78 Å². The van der Waals surface area contributed by atoms with Crippen molar-refractivity contribution in [3.05, 3.63) is 68.1 Å². The van der Waals surface area contributed by atoms with E-state index in [1.54, 1.807) is 16.9 Å². The Bertz CT molecular complexity index is 1510. The Kier molecular flexibility index (Phi) is 5.06. The van der Waals surface area contributed by atoms with Gasteiger partial charge >= 0.3 is 5.69 Å². The topological polar surface area (TPSA) is 133 Å². The normalized spacial score (nSPS) is 11.1. The van der Waals surface area contributed by atoms with Crippen LogP contribution in [-0.2, 0) is 32.0 Å². The molecule has 0 aliphatic carbocycles. The van der Waals surface area contributed by atoms with E-state index in [1.165, 1.54) is 29.6 Å². The first kappa shape index (κ1) is 20.9. The lowest BCUT2D eigenvalue weighted by Crippen LogP contribution is -2.37. The number of nitrogens with one attached hydrogen (secondary N) is 1. The summed E-state index contributed by atoms with van der Waals surface area (Å²) in [4.78, 5) is 41.8. The fraction of sp³-hybridized carbons (Fsp3) is 0.286. The molecular formula is C21H21N7O4. The summed E-state index contributed by atoms with van der Waals surface area (Å²) >= 11 is 0. The number of amides is 1. The minimum absolute atomic E-state index is 0.142. The second-order valence-electron chi connectivity index (χ2n) is 7.51. The molecule has 11 heteroatoms. The molecule has 0 aliphatic heterocycles. The van der Waals surface area contributed by atoms with Gasteiger partial charge in [0.25, 0.3) is 5.56 Å². The summed E-state index contributed by atoms with van der Waals surface area (Å²) in [6.45, 7) is 3.80. The molecule has 0 bridgehead atoms. The maximum absolute atomic E-state index is 12.9. The maximum Gasteiger partial charge on any atom is 0.332 e. The molecule has 0 fully saturated rings. The van der Waals surface area contributed by atoms with E-state index in [2.05, 4.69) is 16.4 Å². The summed E-state index contributed by atoms with van der Waals surface area (Å²) in [5, 5.41) is 12.5. The second kappa shape index (κ2) is 7.73. The monoisotopic (exact) mass is 435 g/mol. The smallest absolute Gasteiger partial charge is 0.332 e. The summed E-state index contributed by atoms with van der Waals surface area (Å²) in [7, 11) is 2.88. The lowest BCUT2D eigenvalue weighted by atomic mass is 10.2. The van der Waals surface area contributed by atoms with Gasteiger partial charge in [-0.1, -0.05) is 0 Å². The fourth-order valence-electron chi connectivity index (χ4n) is 3.73. The zero-order valence-electron chi connectivity index (χ0n) is 18.0. The molecule has 11 nitrogen and oxygen atoms in total. The Hall–Kier alpha value is -4.33. The molecule has 1 N–H and O–H groups in total. The standard InChI is InChI=1S/C21H21N7O4/c1-12-13(2)28(9-14-6-5-7-32-14)18(15(12)8-22)24-16(29)10-27-11-23-19-17(27)20(30)26(4)21(31)25(19)3/h5-7,11H,9-10H2,1-4H3,(H,24,29). The molecule has 0 spiro atoms. The lowest BCUT2D eigenvalue weighted by Gasteiger charge is -2.12. The van der Waals surface area contributed by atoms with Gasteiger partial charge in [-0.3, -0.25) is 18.7 Å². The number of aromatic nitrogens is 5. The average Bonchev–Trinajstić information content (AvgIpc) is 3.47. The fourth-order valence-corrected chi connectivity index (χ4v) is 3.73. The van der Waals surface area contributed by atoms with E-state index in [0.29, 0.717) is 23.7 Å². The van der Waals surface area contributed by atoms with Crippen LogP contribution in [0.3, 0.4) is 0 Å². The molecule has 4 aromatic heterocycles. The van der Waals surface area contributed by atoms with Crippen LogP contribution in [0.1, 0.15) is 22.6 Å². The summed E-state index contributed by atoms with van der Waals surface area (Å²) in [6.07, 6.45) is 2.90. The summed E-state index contributed by atoms with van der Waals surface area (Å²) in [5.41, 5.74) is 1.23. The van der Waals surface area contributed by atoms with Crippen molar-refractivity contribution in [2.24, 2.45) is 14.1 Å². The first-order valence-corrected chi connectivity index (χ1v) is 9.77. The van der Waals surface area contributed by atoms with E-state index in [-0.39, 0.29) is 17.7 Å². The van der Waals surface area contributed by atoms with E-state index in [0.717, 1.165) is 15.8 Å². The highest BCUT2D eigenvalue weighted by molar-refractivity contribution is 5.92. The molecule has 0 saturated heterocycles. The third-order valence-electron chi connectivity index (χ3n) is 5.62. The molecule has 0 radical (unpaired) electrons. The van der Waals surface area contributed by atoms with Crippen molar-refractivity contribution < 1.29 is 9.21 Å². The molecule has 0 aromatic carbocycles. The van der Waals surface area contributed by atoms with Crippen LogP contribution in [0.5, 0.6) is 0 Å². The van der Waals surface area contributed by atoms with Gasteiger partial charge in [-0.05, 0) is 31.5 Å². The number of hydrogen-bond donors (Lipinski definition) is 1. The van der Waals surface area contributed by atoms with Gasteiger partial charge in [0.2, 0.25) is 5.91 Å². The number of nitrogens with zero attached hydrogens (tertiary/aromatic N) is 6. The molecule has 0 unspecified atom stereocenters. The zero-order valence-corrected chi connectivity index (χ0v) is 18.0. The quantitative estimate of drug-likeness (QED) is 0.497. The SMILES string of the molecule is Cc1c(C#N)c(NC(=O)Cn2cnc3c2c(=O)n(C)c(=O)n3C)n(Cc2ccco2)c1C. The van der Waals surface area contributed by atoms with Gasteiger partial charge in [0.05, 0.1) is 24.7 Å². The van der Waals surface area contributed by atoms with E-state index >= 15 is 0 Å². The van der Waals surface area contributed by atoms with Crippen molar-refractivity contribution in [3.8, 4) is 6.07 Å². The van der Waals surface area contributed by atoms with Crippen LogP contribution in [0.4, 0.5) is 5.82 Å². The number of carbonyl (C=O) groups excluding carboxylic acids is 1. The Morgan fingerprint density at radius 3 is 2.66 bits per heavy atom. The summed E-state index contributed by atoms with van der Waals surface area (Å²) in [5.74, 6) is 0.580. The number of hydrogen-bond acceptors (Lipinski definition) is 6. The number of imidazole rings is 1. The number of fused-ring (bicyclic) bond motifs is 1. The highest BCUT2D eigenvalue weighted by Gasteiger charge is 2.22. The van der Waals surface area contributed by atoms with Gasteiger partial charge in [0, 0.05) is 19.8 Å². The van der Waals surface area contributed by atoms with E-state index in [1.807, 2.05) is 19.9 Å². The van der Waals surface area contributed by atoms with Crippen molar-refractivity contribution in [2.75, 3.05) is 5.32 Å². The summed E-state index contributed by atoms with van der Waals surface area (Å²) in [6, 6.07) is 5.73. The number of anilines is 1. The number of aryl methyl sites for hydroxylation is 1. The third kappa shape index (κ3) is 3.22. The molecule has 0 aliphatic rings. The minimum atomic E-state index is -0.543. The molecule has 164 valence electrons. The minimum Gasteiger partial charge on any atom is -0.467 e. The molecule has 32 heavy (non-hydrogen) atoms. The van der Waals surface area contributed by atoms with Crippen molar-refractivity contribution in [1.82, 2.24) is 23.3 Å². The summed E-state index contributed by atoms with van der Waals surface area (Å²) < 4.78 is 10.8. The Labute approximate surface area is 181 Å². The predicted octanol–water partition coefficient (Wildman–Crippen LogP) is 1.00. The Morgan fingerprint density at radius 1 is 1.25 bits per heavy atom. The van der Waals surface area contributed by atoms with Crippen LogP contribution in [-0.4, -0.2) is 29.2 Å². The van der Waals surface area contributed by atoms with Gasteiger partial charge < -0.3 is 18.9 Å². The Morgan fingerprint density at radius 2 is 2.00 bits per heavy atom. The molecule has 4 aromatic rings. The molecule has 1 amide bonds. The van der Waals surface area contributed by atoms with E-state index < -0.39 is 17.2 Å². The second-order valence-corrected chi connectivity index (χ2v) is 7.51. The Balaban J connectivity index is 1.70. The number of carbonyl (C=O) groups is 1. The van der Waals surface area contributed by atoms with Crippen molar-refractivity contribution in [1.29, 1.82) is 5.26 Å². The number of furan rings is 1. The maximum atomic E-state index is 12.9. The van der Waals surface area contributed by atoms with Gasteiger partial charge in [0.15, 0.2) is 11.2 Å². The lowest BCUT2D eigenvalue weighted by molar-refractivity contribution is -0.116. The van der Waals surface area contributed by atoms with Crippen molar-refractivity contribution in [3.63, 3.8) is 0 Å². The van der Waals surface area contributed by atoms with Gasteiger partial charge in [0.1, 0.15) is 24.2 Å². The van der Waals surface area contributed by atoms with Crippen LogP contribution in [0.15, 0.2) is 38.7 Å². The number of nitriles is 1. The van der Waals surface area contributed by atoms with Crippen LogP contribution in [0.25, 0.3) is 11.2 Å². The van der Waals surface area contributed by atoms with Crippen LogP contribution >= 0.6 is 0 Å². The molecular weight excluding hydrogens is 414 g/mol. The largest absolute Gasteiger partial charge is 0.467 e. The molecule has 4 heterocycles. The third-order valence-corrected chi connectivity index (χ3v) is 5.62. The highest BCUT2D eigenvalue weighted by Crippen LogP contribution is 2.27. The molecule has 0 saturated carbocycles. The van der Waals surface area contributed by atoms with Crippen LogP contribution in [0, 0.1) is 25.2 Å². The first-order valence-electron chi connectivity index (χ1n) is 9.77. The van der Waals surface area contributed by atoms with E-state index in [4.69, 9.17) is 4.42 Å². The van der Waals surface area contributed by atoms with E-state index in [9.17, 15) is 19.6 Å².